The lowest BCUT2D eigenvalue weighted by Crippen LogP contribution is -2.52. The molecule has 15 heavy (non-hydrogen) atoms. The lowest BCUT2D eigenvalue weighted by Gasteiger charge is -2.28. The summed E-state index contributed by atoms with van der Waals surface area (Å²) in [4.78, 5) is 11.7. The smallest absolute Gasteiger partial charge is 0.240 e. The number of carbonyl (C=O) groups excluding carboxylic acids is 1. The van der Waals surface area contributed by atoms with Crippen molar-refractivity contribution < 1.29 is 4.79 Å². The van der Waals surface area contributed by atoms with E-state index in [1.54, 1.807) is 7.05 Å². The number of likely N-dealkylation sites (N-methyl/N-ethyl adjacent to an activating group) is 2. The van der Waals surface area contributed by atoms with Gasteiger partial charge in [0.05, 0.1) is 5.54 Å². The van der Waals surface area contributed by atoms with Gasteiger partial charge in [-0.15, -0.1) is 0 Å². The Kier molecular flexibility index (Phi) is 4.09. The van der Waals surface area contributed by atoms with Gasteiger partial charge in [-0.05, 0) is 33.2 Å². The summed E-state index contributed by atoms with van der Waals surface area (Å²) in [6, 6.07) is 0. The van der Waals surface area contributed by atoms with Crippen molar-refractivity contribution in [3.8, 4) is 0 Å². The van der Waals surface area contributed by atoms with Gasteiger partial charge in [0.1, 0.15) is 0 Å². The van der Waals surface area contributed by atoms with Crippen molar-refractivity contribution in [2.24, 2.45) is 0 Å². The summed E-state index contributed by atoms with van der Waals surface area (Å²) in [7, 11) is 3.50. The molecule has 0 saturated heterocycles. The molecule has 0 fully saturated rings. The van der Waals surface area contributed by atoms with E-state index in [2.05, 4.69) is 28.9 Å². The first-order chi connectivity index (χ1) is 7.12. The number of hydrogen-bond donors (Lipinski definition) is 2. The summed E-state index contributed by atoms with van der Waals surface area (Å²) in [5.41, 5.74) is 0.837. The highest BCUT2D eigenvalue weighted by molar-refractivity contribution is 5.85. The molecular formula is C12H20N2O. The molecule has 0 bridgehead atoms. The SMILES string of the molecule is CNC(=O)C(C)(CC1=CC=CCC1)NC. The summed E-state index contributed by atoms with van der Waals surface area (Å²) in [5, 5.41) is 5.80. The van der Waals surface area contributed by atoms with E-state index in [9.17, 15) is 4.79 Å². The second kappa shape index (κ2) is 5.12. The number of amides is 1. The van der Waals surface area contributed by atoms with Crippen LogP contribution in [0, 0.1) is 0 Å². The van der Waals surface area contributed by atoms with Crippen LogP contribution in [0.2, 0.25) is 0 Å². The van der Waals surface area contributed by atoms with Gasteiger partial charge in [0.2, 0.25) is 5.91 Å². The molecule has 1 rings (SSSR count). The average Bonchev–Trinajstić information content (AvgIpc) is 2.29. The maximum atomic E-state index is 11.7. The molecule has 0 aliphatic heterocycles. The molecule has 0 radical (unpaired) electrons. The van der Waals surface area contributed by atoms with E-state index in [0.717, 1.165) is 19.3 Å². The van der Waals surface area contributed by atoms with E-state index in [0.29, 0.717) is 0 Å². The van der Waals surface area contributed by atoms with Crippen molar-refractivity contribution >= 4 is 5.91 Å². The number of allylic oxidation sites excluding steroid dienone is 3. The predicted octanol–water partition coefficient (Wildman–Crippen LogP) is 1.38. The van der Waals surface area contributed by atoms with Crippen LogP contribution >= 0.6 is 0 Å². The van der Waals surface area contributed by atoms with E-state index in [-0.39, 0.29) is 5.91 Å². The molecule has 0 aromatic rings. The third kappa shape index (κ3) is 2.93. The van der Waals surface area contributed by atoms with Gasteiger partial charge in [-0.2, -0.15) is 0 Å². The Balaban J connectivity index is 2.71. The van der Waals surface area contributed by atoms with Gasteiger partial charge in [-0.25, -0.2) is 0 Å². The van der Waals surface area contributed by atoms with Gasteiger partial charge in [0.15, 0.2) is 0 Å². The zero-order valence-electron chi connectivity index (χ0n) is 9.76. The molecular weight excluding hydrogens is 188 g/mol. The predicted molar refractivity (Wildman–Crippen MR) is 62.6 cm³/mol. The first kappa shape index (κ1) is 12.0. The molecule has 84 valence electrons. The van der Waals surface area contributed by atoms with Gasteiger partial charge >= 0.3 is 0 Å². The quantitative estimate of drug-likeness (QED) is 0.733. The lowest BCUT2D eigenvalue weighted by molar-refractivity contribution is -0.126. The summed E-state index contributed by atoms with van der Waals surface area (Å²) in [6.45, 7) is 1.94. The summed E-state index contributed by atoms with van der Waals surface area (Å²) in [5.74, 6) is 0.0421. The van der Waals surface area contributed by atoms with E-state index in [4.69, 9.17) is 0 Å². The van der Waals surface area contributed by atoms with Crippen LogP contribution < -0.4 is 10.6 Å². The van der Waals surface area contributed by atoms with Crippen molar-refractivity contribution in [2.75, 3.05) is 14.1 Å². The second-order valence-corrected chi connectivity index (χ2v) is 4.13. The Morgan fingerprint density at radius 2 is 2.27 bits per heavy atom. The molecule has 1 atom stereocenters. The Bertz CT molecular complexity index is 294. The molecule has 1 aliphatic carbocycles. The van der Waals surface area contributed by atoms with Crippen molar-refractivity contribution in [3.05, 3.63) is 23.8 Å². The Labute approximate surface area is 91.6 Å². The minimum atomic E-state index is -0.494. The van der Waals surface area contributed by atoms with Crippen molar-refractivity contribution in [2.45, 2.75) is 31.7 Å². The van der Waals surface area contributed by atoms with E-state index in [1.165, 1.54) is 5.57 Å². The van der Waals surface area contributed by atoms with Crippen LogP contribution in [0.25, 0.3) is 0 Å². The summed E-state index contributed by atoms with van der Waals surface area (Å²) < 4.78 is 0. The van der Waals surface area contributed by atoms with Crippen LogP contribution in [0.3, 0.4) is 0 Å². The van der Waals surface area contributed by atoms with E-state index < -0.39 is 5.54 Å². The molecule has 3 heteroatoms. The van der Waals surface area contributed by atoms with Crippen LogP contribution in [-0.4, -0.2) is 25.5 Å². The molecule has 0 heterocycles. The van der Waals surface area contributed by atoms with Gasteiger partial charge < -0.3 is 10.6 Å². The van der Waals surface area contributed by atoms with Crippen LogP contribution in [0.4, 0.5) is 0 Å². The third-order valence-electron chi connectivity index (χ3n) is 2.96. The molecule has 3 nitrogen and oxygen atoms in total. The van der Waals surface area contributed by atoms with Crippen LogP contribution in [0.1, 0.15) is 26.2 Å². The van der Waals surface area contributed by atoms with Crippen molar-refractivity contribution in [1.82, 2.24) is 10.6 Å². The molecule has 1 amide bonds. The van der Waals surface area contributed by atoms with E-state index >= 15 is 0 Å². The maximum Gasteiger partial charge on any atom is 0.240 e. The first-order valence-corrected chi connectivity index (χ1v) is 5.38. The highest BCUT2D eigenvalue weighted by Gasteiger charge is 2.31. The molecule has 1 unspecified atom stereocenters. The maximum absolute atomic E-state index is 11.7. The number of rotatable bonds is 4. The summed E-state index contributed by atoms with van der Waals surface area (Å²) >= 11 is 0. The standard InChI is InChI=1S/C12H20N2O/c1-12(14-3,11(15)13-2)9-10-7-5-4-6-8-10/h4-5,7,14H,6,8-9H2,1-3H3,(H,13,15). The first-order valence-electron chi connectivity index (χ1n) is 5.38. The molecule has 0 aromatic heterocycles. The molecule has 2 N–H and O–H groups in total. The largest absolute Gasteiger partial charge is 0.358 e. The fourth-order valence-electron chi connectivity index (χ4n) is 1.81. The fraction of sp³-hybridized carbons (Fsp3) is 0.583. The Hall–Kier alpha value is -1.09. The minimum absolute atomic E-state index is 0.0421. The molecule has 0 saturated carbocycles. The van der Waals surface area contributed by atoms with Crippen molar-refractivity contribution in [1.29, 1.82) is 0 Å². The highest BCUT2D eigenvalue weighted by atomic mass is 16.2. The highest BCUT2D eigenvalue weighted by Crippen LogP contribution is 2.22. The number of nitrogens with one attached hydrogen (secondary N) is 2. The van der Waals surface area contributed by atoms with Gasteiger partial charge in [0, 0.05) is 7.05 Å². The Morgan fingerprint density at radius 1 is 1.53 bits per heavy atom. The summed E-state index contributed by atoms with van der Waals surface area (Å²) in [6.07, 6.45) is 9.25. The van der Waals surface area contributed by atoms with Crippen molar-refractivity contribution in [3.63, 3.8) is 0 Å². The zero-order chi connectivity index (χ0) is 11.3. The third-order valence-corrected chi connectivity index (χ3v) is 2.96. The normalized spacial score (nSPS) is 19.3. The zero-order valence-corrected chi connectivity index (χ0v) is 9.76. The monoisotopic (exact) mass is 208 g/mol. The fourth-order valence-corrected chi connectivity index (χ4v) is 1.81. The lowest BCUT2D eigenvalue weighted by atomic mass is 9.88. The van der Waals surface area contributed by atoms with Crippen LogP contribution in [0.15, 0.2) is 23.8 Å². The molecule has 0 spiro atoms. The van der Waals surface area contributed by atoms with E-state index in [1.807, 2.05) is 14.0 Å². The van der Waals surface area contributed by atoms with Gasteiger partial charge in [0.25, 0.3) is 0 Å². The number of carbonyl (C=O) groups is 1. The molecule has 0 aromatic carbocycles. The second-order valence-electron chi connectivity index (χ2n) is 4.13. The minimum Gasteiger partial charge on any atom is -0.358 e. The van der Waals surface area contributed by atoms with Gasteiger partial charge in [-0.3, -0.25) is 4.79 Å². The van der Waals surface area contributed by atoms with Gasteiger partial charge in [-0.1, -0.05) is 23.8 Å². The molecule has 1 aliphatic rings. The van der Waals surface area contributed by atoms with Crippen LogP contribution in [0.5, 0.6) is 0 Å². The Morgan fingerprint density at radius 3 is 2.73 bits per heavy atom. The average molecular weight is 208 g/mol. The number of hydrogen-bond acceptors (Lipinski definition) is 2. The topological polar surface area (TPSA) is 41.1 Å². The van der Waals surface area contributed by atoms with Crippen LogP contribution in [-0.2, 0) is 4.79 Å².